The molecule has 0 unspecified atom stereocenters. The van der Waals surface area contributed by atoms with E-state index < -0.39 is 0 Å². The van der Waals surface area contributed by atoms with Gasteiger partial charge in [0, 0.05) is 0 Å². The summed E-state index contributed by atoms with van der Waals surface area (Å²) in [5.41, 5.74) is 0.722. The van der Waals surface area contributed by atoms with Crippen LogP contribution >= 0.6 is 0 Å². The Kier molecular flexibility index (Phi) is 2.46. The number of benzene rings is 1. The van der Waals surface area contributed by atoms with Gasteiger partial charge in [-0.3, -0.25) is 0 Å². The van der Waals surface area contributed by atoms with Crippen molar-refractivity contribution in [2.24, 2.45) is 0 Å². The first-order valence-electron chi connectivity index (χ1n) is 2.64. The fraction of sp³-hybridized carbons (Fsp3) is 0. The molecule has 0 amide bonds. The van der Waals surface area contributed by atoms with Crippen LogP contribution in [0.5, 0.6) is 0 Å². The Balaban J connectivity index is 3.15. The third-order valence-electron chi connectivity index (χ3n) is 1.08. The summed E-state index contributed by atoms with van der Waals surface area (Å²) in [5, 5.41) is 0. The molecule has 0 aliphatic carbocycles. The molecule has 0 heterocycles. The molecule has 0 saturated heterocycles. The number of hydrogen-bond acceptors (Lipinski definition) is 0. The maximum atomic E-state index is 12.6. The SMILES string of the molecule is Fc1ccccc1[CH]=[In]. The van der Waals surface area contributed by atoms with Gasteiger partial charge in [-0.15, -0.1) is 0 Å². The average molecular weight is 223 g/mol. The molecule has 0 aliphatic rings. The zero-order valence-corrected chi connectivity index (χ0v) is 8.14. The standard InChI is InChI=1S/C7H5F.In/c1-6-4-2-3-5-7(6)8;/h1-5H;. The summed E-state index contributed by atoms with van der Waals surface area (Å²) < 4.78 is 14.5. The van der Waals surface area contributed by atoms with Crippen molar-refractivity contribution >= 4 is 27.7 Å². The van der Waals surface area contributed by atoms with Gasteiger partial charge in [0.05, 0.1) is 0 Å². The minimum absolute atomic E-state index is 0.120. The summed E-state index contributed by atoms with van der Waals surface area (Å²) in [7, 11) is 0. The number of hydrogen-bond donors (Lipinski definition) is 0. The molecule has 0 saturated carbocycles. The summed E-state index contributed by atoms with van der Waals surface area (Å²) >= 11 is 0.968. The van der Waals surface area contributed by atoms with E-state index in [1.54, 1.807) is 12.1 Å². The van der Waals surface area contributed by atoms with Crippen molar-refractivity contribution in [3.05, 3.63) is 35.6 Å². The molecule has 9 heavy (non-hydrogen) atoms. The van der Waals surface area contributed by atoms with Crippen LogP contribution in [-0.4, -0.2) is 27.7 Å². The van der Waals surface area contributed by atoms with Gasteiger partial charge in [0.15, 0.2) is 0 Å². The van der Waals surface area contributed by atoms with Gasteiger partial charge in [-0.1, -0.05) is 0 Å². The molecule has 1 radical (unpaired) electrons. The van der Waals surface area contributed by atoms with Gasteiger partial charge in [0.1, 0.15) is 0 Å². The van der Waals surface area contributed by atoms with E-state index in [-0.39, 0.29) is 5.82 Å². The second-order valence-electron chi connectivity index (χ2n) is 1.69. The Labute approximate surface area is 67.8 Å². The van der Waals surface area contributed by atoms with Gasteiger partial charge >= 0.3 is 67.7 Å². The molecule has 2 heteroatoms. The minimum atomic E-state index is -0.120. The van der Waals surface area contributed by atoms with Crippen LogP contribution in [0.15, 0.2) is 24.3 Å². The Hall–Kier alpha value is -0.110. The zero-order chi connectivity index (χ0) is 6.69. The maximum absolute atomic E-state index is 12.6. The van der Waals surface area contributed by atoms with Crippen LogP contribution in [0, 0.1) is 5.82 Å². The van der Waals surface area contributed by atoms with Gasteiger partial charge in [-0.05, 0) is 0 Å². The summed E-state index contributed by atoms with van der Waals surface area (Å²) in [6.45, 7) is 0. The van der Waals surface area contributed by atoms with Crippen LogP contribution in [0.1, 0.15) is 5.56 Å². The summed E-state index contributed by atoms with van der Waals surface area (Å²) in [6.07, 6.45) is 0. The van der Waals surface area contributed by atoms with Crippen molar-refractivity contribution in [2.45, 2.75) is 0 Å². The van der Waals surface area contributed by atoms with Crippen LogP contribution in [0.3, 0.4) is 0 Å². The van der Waals surface area contributed by atoms with Gasteiger partial charge in [0.25, 0.3) is 0 Å². The average Bonchev–Trinajstić information content (AvgIpc) is 1.89. The first-order chi connectivity index (χ1) is 4.34. The van der Waals surface area contributed by atoms with Crippen molar-refractivity contribution in [2.75, 3.05) is 0 Å². The Bertz CT molecular complexity index is 220. The molecular formula is C7H5FIn. The molecule has 0 nitrogen and oxygen atoms in total. The molecule has 0 bridgehead atoms. The Morgan fingerprint density at radius 1 is 1.33 bits per heavy atom. The fourth-order valence-corrected chi connectivity index (χ4v) is 1.38. The molecule has 0 aromatic heterocycles. The van der Waals surface area contributed by atoms with E-state index in [9.17, 15) is 4.39 Å². The van der Waals surface area contributed by atoms with Crippen molar-refractivity contribution in [3.63, 3.8) is 0 Å². The predicted molar refractivity (Wildman–Crippen MR) is 37.3 cm³/mol. The van der Waals surface area contributed by atoms with Crippen LogP contribution in [0.4, 0.5) is 4.39 Å². The summed E-state index contributed by atoms with van der Waals surface area (Å²) in [4.78, 5) is 0. The van der Waals surface area contributed by atoms with Crippen molar-refractivity contribution < 1.29 is 4.39 Å². The molecular weight excluding hydrogens is 218 g/mol. The van der Waals surface area contributed by atoms with E-state index in [0.717, 1.165) is 29.5 Å². The molecule has 0 atom stereocenters. The van der Waals surface area contributed by atoms with Gasteiger partial charge in [0.2, 0.25) is 0 Å². The third kappa shape index (κ3) is 1.65. The predicted octanol–water partition coefficient (Wildman–Crippen LogP) is 1.14. The van der Waals surface area contributed by atoms with Crippen LogP contribution in [-0.2, 0) is 0 Å². The molecule has 43 valence electrons. The van der Waals surface area contributed by atoms with Gasteiger partial charge in [-0.25, -0.2) is 0 Å². The third-order valence-corrected chi connectivity index (χ3v) is 2.11. The second-order valence-corrected chi connectivity index (χ2v) is 2.64. The molecule has 0 spiro atoms. The molecule has 1 rings (SSSR count). The Morgan fingerprint density at radius 2 is 2.00 bits per heavy atom. The summed E-state index contributed by atoms with van der Waals surface area (Å²) in [6, 6.07) is 6.79. The van der Waals surface area contributed by atoms with E-state index in [2.05, 4.69) is 0 Å². The van der Waals surface area contributed by atoms with E-state index in [4.69, 9.17) is 0 Å². The molecule has 0 fully saturated rings. The van der Waals surface area contributed by atoms with Gasteiger partial charge < -0.3 is 0 Å². The quantitative estimate of drug-likeness (QED) is 0.669. The molecule has 1 aromatic carbocycles. The number of rotatable bonds is 1. The van der Waals surface area contributed by atoms with E-state index in [1.165, 1.54) is 6.07 Å². The van der Waals surface area contributed by atoms with Crippen molar-refractivity contribution in [1.82, 2.24) is 0 Å². The molecule has 0 aliphatic heterocycles. The fourth-order valence-electron chi connectivity index (χ4n) is 0.610. The van der Waals surface area contributed by atoms with Crippen LogP contribution in [0.25, 0.3) is 0 Å². The second kappa shape index (κ2) is 3.16. The zero-order valence-electron chi connectivity index (χ0n) is 4.84. The first-order valence-corrected chi connectivity index (χ1v) is 4.54. The monoisotopic (exact) mass is 223 g/mol. The van der Waals surface area contributed by atoms with E-state index in [1.807, 2.05) is 9.82 Å². The molecule has 1 aromatic rings. The molecule has 0 N–H and O–H groups in total. The summed E-state index contributed by atoms with van der Waals surface area (Å²) in [5.74, 6) is -0.120. The van der Waals surface area contributed by atoms with Crippen LogP contribution < -0.4 is 0 Å². The topological polar surface area (TPSA) is 0 Å². The van der Waals surface area contributed by atoms with E-state index >= 15 is 0 Å². The van der Waals surface area contributed by atoms with E-state index in [0.29, 0.717) is 0 Å². The first kappa shape index (κ1) is 7.00. The van der Waals surface area contributed by atoms with Crippen molar-refractivity contribution in [3.8, 4) is 0 Å². The van der Waals surface area contributed by atoms with Gasteiger partial charge in [-0.2, -0.15) is 0 Å². The normalized spacial score (nSPS) is 8.89. The number of halogens is 1. The Morgan fingerprint density at radius 3 is 2.44 bits per heavy atom. The van der Waals surface area contributed by atoms with Crippen LogP contribution in [0.2, 0.25) is 0 Å². The van der Waals surface area contributed by atoms with Crippen molar-refractivity contribution in [1.29, 1.82) is 0 Å².